The molecule has 9 nitrogen and oxygen atoms in total. The van der Waals surface area contributed by atoms with Gasteiger partial charge in [0.1, 0.15) is 19.3 Å². The van der Waals surface area contributed by atoms with Crippen molar-refractivity contribution in [1.82, 2.24) is 5.32 Å². The van der Waals surface area contributed by atoms with Crippen LogP contribution in [0.3, 0.4) is 0 Å². The van der Waals surface area contributed by atoms with Crippen molar-refractivity contribution < 1.29 is 60.1 Å². The first kappa shape index (κ1) is 34.5. The highest BCUT2D eigenvalue weighted by atomic mass is 19.2. The number of hydrogen-bond donors (Lipinski definition) is 1. The van der Waals surface area contributed by atoms with Crippen LogP contribution >= 0.6 is 0 Å². The highest BCUT2D eigenvalue weighted by molar-refractivity contribution is 5.88. The molecule has 1 aliphatic rings. The normalized spacial score (nSPS) is 13.0. The number of nitrogens with one attached hydrogen (secondary N) is 1. The molecule has 0 aromatic heterocycles. The standard InChI is InChI=1S/C35H26F5NO8/c1-18(33(43)49-32-30(39)28(37)27(36)29(38)31(32)40)48-34(44)25(15-26(42)46-16-19-9-3-2-4-10-19)41-35(45)47-17-24-22-13-7-5-11-20(22)21-12-6-8-14-23(21)24/h2-14,18,24-25H,15-17H2,1H3,(H,41,45)/t18-,25-/m0/s1. The van der Waals surface area contributed by atoms with E-state index in [1.54, 1.807) is 30.3 Å². The summed E-state index contributed by atoms with van der Waals surface area (Å²) in [7, 11) is 0. The second-order valence-electron chi connectivity index (χ2n) is 10.8. The van der Waals surface area contributed by atoms with Crippen LogP contribution in [0.4, 0.5) is 26.7 Å². The SMILES string of the molecule is C[C@H](OC(=O)[C@H](CC(=O)OCc1ccccc1)NC(=O)OCC1c2ccccc2-c2ccccc21)C(=O)Oc1c(F)c(F)c(F)c(F)c1F. The number of fused-ring (bicyclic) bond motifs is 3. The third kappa shape index (κ3) is 7.69. The van der Waals surface area contributed by atoms with Crippen LogP contribution in [-0.4, -0.2) is 42.8 Å². The summed E-state index contributed by atoms with van der Waals surface area (Å²) < 4.78 is 88.4. The van der Waals surface area contributed by atoms with Gasteiger partial charge in [-0.15, -0.1) is 0 Å². The van der Waals surface area contributed by atoms with Crippen molar-refractivity contribution in [2.75, 3.05) is 6.61 Å². The number of benzene rings is 4. The summed E-state index contributed by atoms with van der Waals surface area (Å²) in [6, 6.07) is 21.7. The van der Waals surface area contributed by atoms with Crippen LogP contribution in [0.15, 0.2) is 78.9 Å². The van der Waals surface area contributed by atoms with Gasteiger partial charge in [-0.3, -0.25) is 4.79 Å². The van der Waals surface area contributed by atoms with E-state index < -0.39 is 77.4 Å². The highest BCUT2D eigenvalue weighted by Gasteiger charge is 2.34. The van der Waals surface area contributed by atoms with Crippen LogP contribution in [0.2, 0.25) is 0 Å². The predicted molar refractivity (Wildman–Crippen MR) is 160 cm³/mol. The number of ether oxygens (including phenoxy) is 4. The summed E-state index contributed by atoms with van der Waals surface area (Å²) in [4.78, 5) is 51.2. The number of carbonyl (C=O) groups is 4. The van der Waals surface area contributed by atoms with E-state index in [9.17, 15) is 41.1 Å². The van der Waals surface area contributed by atoms with Crippen LogP contribution in [0, 0.1) is 29.1 Å². The molecule has 1 aliphatic carbocycles. The Morgan fingerprint density at radius 2 is 1.22 bits per heavy atom. The molecule has 1 amide bonds. The Morgan fingerprint density at radius 1 is 0.694 bits per heavy atom. The lowest BCUT2D eigenvalue weighted by Gasteiger charge is -2.20. The van der Waals surface area contributed by atoms with Crippen molar-refractivity contribution in [2.24, 2.45) is 0 Å². The second-order valence-corrected chi connectivity index (χ2v) is 10.8. The summed E-state index contributed by atoms with van der Waals surface area (Å²) in [5.41, 5.74) is 4.34. The van der Waals surface area contributed by atoms with Gasteiger partial charge >= 0.3 is 24.0 Å². The molecule has 4 aromatic rings. The molecule has 0 unspecified atom stereocenters. The fourth-order valence-corrected chi connectivity index (χ4v) is 5.10. The monoisotopic (exact) mass is 683 g/mol. The van der Waals surface area contributed by atoms with Gasteiger partial charge in [0.2, 0.25) is 34.8 Å². The minimum absolute atomic E-state index is 0.162. The molecule has 0 spiro atoms. The van der Waals surface area contributed by atoms with Crippen LogP contribution in [0.1, 0.15) is 36.0 Å². The average molecular weight is 684 g/mol. The fourth-order valence-electron chi connectivity index (χ4n) is 5.10. The number of carbonyl (C=O) groups excluding carboxylic acids is 4. The quantitative estimate of drug-likeness (QED) is 0.0492. The van der Waals surface area contributed by atoms with Gasteiger partial charge in [0, 0.05) is 5.92 Å². The number of alkyl carbamates (subject to hydrolysis) is 1. The molecule has 0 radical (unpaired) electrons. The van der Waals surface area contributed by atoms with Crippen LogP contribution in [-0.2, 0) is 35.2 Å². The van der Waals surface area contributed by atoms with Gasteiger partial charge in [-0.1, -0.05) is 78.9 Å². The summed E-state index contributed by atoms with van der Waals surface area (Å²) in [5, 5.41) is 2.20. The van der Waals surface area contributed by atoms with Crippen molar-refractivity contribution in [2.45, 2.75) is 38.0 Å². The van der Waals surface area contributed by atoms with E-state index in [-0.39, 0.29) is 19.1 Å². The molecular weight excluding hydrogens is 657 g/mol. The molecule has 14 heteroatoms. The molecule has 5 rings (SSSR count). The Bertz CT molecular complexity index is 1830. The third-order valence-corrected chi connectivity index (χ3v) is 7.53. The average Bonchev–Trinajstić information content (AvgIpc) is 3.43. The van der Waals surface area contributed by atoms with Gasteiger partial charge in [0.25, 0.3) is 0 Å². The maximum Gasteiger partial charge on any atom is 0.407 e. The molecule has 0 heterocycles. The minimum Gasteiger partial charge on any atom is -0.461 e. The third-order valence-electron chi connectivity index (χ3n) is 7.53. The van der Waals surface area contributed by atoms with Gasteiger partial charge in [-0.05, 0) is 34.7 Å². The molecule has 1 N–H and O–H groups in total. The molecule has 4 aromatic carbocycles. The lowest BCUT2D eigenvalue weighted by Crippen LogP contribution is -2.45. The number of halogens is 5. The van der Waals surface area contributed by atoms with Crippen molar-refractivity contribution in [3.8, 4) is 16.9 Å². The maximum absolute atomic E-state index is 14.0. The van der Waals surface area contributed by atoms with Gasteiger partial charge in [-0.2, -0.15) is 8.78 Å². The van der Waals surface area contributed by atoms with Crippen LogP contribution in [0.25, 0.3) is 11.1 Å². The van der Waals surface area contributed by atoms with E-state index in [4.69, 9.17) is 14.2 Å². The highest BCUT2D eigenvalue weighted by Crippen LogP contribution is 2.44. The van der Waals surface area contributed by atoms with E-state index in [0.717, 1.165) is 29.2 Å². The summed E-state index contributed by atoms with van der Waals surface area (Å²) >= 11 is 0. The molecular formula is C35H26F5NO8. The van der Waals surface area contributed by atoms with Gasteiger partial charge in [0.05, 0.1) is 6.42 Å². The number of amides is 1. The molecule has 0 fully saturated rings. The van der Waals surface area contributed by atoms with E-state index in [2.05, 4.69) is 10.1 Å². The largest absolute Gasteiger partial charge is 0.461 e. The molecule has 254 valence electrons. The Hall–Kier alpha value is -5.79. The lowest BCUT2D eigenvalue weighted by atomic mass is 9.98. The van der Waals surface area contributed by atoms with Crippen molar-refractivity contribution in [1.29, 1.82) is 0 Å². The first-order valence-electron chi connectivity index (χ1n) is 14.7. The summed E-state index contributed by atoms with van der Waals surface area (Å²) in [6.07, 6.45) is -3.97. The maximum atomic E-state index is 14.0. The van der Waals surface area contributed by atoms with E-state index >= 15 is 0 Å². The molecule has 0 aliphatic heterocycles. The minimum atomic E-state index is -2.48. The smallest absolute Gasteiger partial charge is 0.407 e. The van der Waals surface area contributed by atoms with E-state index in [1.165, 1.54) is 0 Å². The molecule has 0 bridgehead atoms. The fraction of sp³-hybridized carbons (Fsp3) is 0.200. The number of hydrogen-bond acceptors (Lipinski definition) is 8. The van der Waals surface area contributed by atoms with E-state index in [1.807, 2.05) is 48.5 Å². The number of rotatable bonds is 11. The Kier molecular flexibility index (Phi) is 10.5. The first-order valence-corrected chi connectivity index (χ1v) is 14.7. The number of esters is 3. The lowest BCUT2D eigenvalue weighted by molar-refractivity contribution is -0.164. The van der Waals surface area contributed by atoms with Crippen LogP contribution < -0.4 is 10.1 Å². The first-order chi connectivity index (χ1) is 23.5. The molecule has 0 saturated heterocycles. The van der Waals surface area contributed by atoms with Crippen molar-refractivity contribution in [3.05, 3.63) is 125 Å². The second kappa shape index (κ2) is 15.0. The van der Waals surface area contributed by atoms with Gasteiger partial charge in [-0.25, -0.2) is 27.6 Å². The van der Waals surface area contributed by atoms with Gasteiger partial charge < -0.3 is 24.3 Å². The van der Waals surface area contributed by atoms with E-state index in [0.29, 0.717) is 5.56 Å². The topological polar surface area (TPSA) is 117 Å². The summed E-state index contributed by atoms with van der Waals surface area (Å²) in [5.74, 6) is -18.5. The predicted octanol–water partition coefficient (Wildman–Crippen LogP) is 6.26. The summed E-state index contributed by atoms with van der Waals surface area (Å²) in [6.45, 7) is 0.520. The Balaban J connectivity index is 1.27. The molecule has 2 atom stereocenters. The van der Waals surface area contributed by atoms with Crippen molar-refractivity contribution >= 4 is 24.0 Å². The zero-order valence-corrected chi connectivity index (χ0v) is 25.5. The molecule has 0 saturated carbocycles. The zero-order chi connectivity index (χ0) is 35.2. The van der Waals surface area contributed by atoms with Crippen LogP contribution in [0.5, 0.6) is 5.75 Å². The Morgan fingerprint density at radius 3 is 1.82 bits per heavy atom. The Labute approximate surface area is 275 Å². The molecule has 49 heavy (non-hydrogen) atoms. The van der Waals surface area contributed by atoms with Gasteiger partial charge in [0.15, 0.2) is 6.10 Å². The van der Waals surface area contributed by atoms with Crippen molar-refractivity contribution in [3.63, 3.8) is 0 Å². The zero-order valence-electron chi connectivity index (χ0n) is 25.5.